The Labute approximate surface area is 137 Å². The van der Waals surface area contributed by atoms with Gasteiger partial charge in [-0.2, -0.15) is 0 Å². The molecule has 0 spiro atoms. The summed E-state index contributed by atoms with van der Waals surface area (Å²) >= 11 is 0. The van der Waals surface area contributed by atoms with Crippen LogP contribution in [0.15, 0.2) is 30.3 Å². The lowest BCUT2D eigenvalue weighted by molar-refractivity contribution is -0.196. The first kappa shape index (κ1) is 17.9. The molecule has 5 N–H and O–H groups in total. The molecule has 0 radical (unpaired) electrons. The number of carboxylic acid groups (broad SMARTS) is 1. The van der Waals surface area contributed by atoms with E-state index in [1.54, 1.807) is 12.1 Å². The molecule has 8 heteroatoms. The van der Waals surface area contributed by atoms with Crippen molar-refractivity contribution < 1.29 is 39.9 Å². The topological polar surface area (TPSA) is 145 Å². The molecule has 1 aromatic rings. The normalized spacial score (nSPS) is 30.2. The molecule has 1 aliphatic rings. The number of hydrogen-bond donors (Lipinski definition) is 5. The number of carbonyl (C=O) groups excluding carboxylic acids is 1. The van der Waals surface area contributed by atoms with E-state index in [2.05, 4.69) is 0 Å². The average Bonchev–Trinajstić information content (AvgIpc) is 2.51. The molecule has 24 heavy (non-hydrogen) atoms. The zero-order valence-corrected chi connectivity index (χ0v) is 12.6. The van der Waals surface area contributed by atoms with Crippen molar-refractivity contribution in [1.82, 2.24) is 0 Å². The standard InChI is InChI=1S/C16H18O8/c17-10-4-1-9(2-5-10)3-6-13(19)24-12-8-16(23,15(21)22)7-11(18)14(12)20/h1-6,11-12,14,17-18,20,23H,7-8H2,(H,21,22)/t11-,12-,14-,16+/m0/s1. The first-order valence-electron chi connectivity index (χ1n) is 7.21. The van der Waals surface area contributed by atoms with Crippen LogP contribution in [0.5, 0.6) is 5.75 Å². The third-order valence-corrected chi connectivity index (χ3v) is 3.83. The van der Waals surface area contributed by atoms with Crippen molar-refractivity contribution in [3.8, 4) is 5.75 Å². The number of ether oxygens (including phenoxy) is 1. The van der Waals surface area contributed by atoms with Crippen molar-refractivity contribution in [3.05, 3.63) is 35.9 Å². The van der Waals surface area contributed by atoms with Crippen LogP contribution in [0, 0.1) is 0 Å². The third-order valence-electron chi connectivity index (χ3n) is 3.83. The lowest BCUT2D eigenvalue weighted by atomic mass is 9.79. The second-order valence-corrected chi connectivity index (χ2v) is 5.70. The molecule has 0 amide bonds. The minimum Gasteiger partial charge on any atom is -0.508 e. The minimum atomic E-state index is -2.27. The molecule has 2 rings (SSSR count). The molecule has 1 saturated carbocycles. The summed E-state index contributed by atoms with van der Waals surface area (Å²) in [6, 6.07) is 5.97. The smallest absolute Gasteiger partial charge is 0.335 e. The zero-order valence-electron chi connectivity index (χ0n) is 12.6. The van der Waals surface area contributed by atoms with Gasteiger partial charge in [-0.15, -0.1) is 0 Å². The maximum Gasteiger partial charge on any atom is 0.335 e. The van der Waals surface area contributed by atoms with Gasteiger partial charge in [0.25, 0.3) is 0 Å². The number of hydrogen-bond acceptors (Lipinski definition) is 7. The molecule has 0 unspecified atom stereocenters. The monoisotopic (exact) mass is 338 g/mol. The molecule has 0 saturated heterocycles. The molecule has 0 aliphatic heterocycles. The Kier molecular flexibility index (Phi) is 5.23. The average molecular weight is 338 g/mol. The summed E-state index contributed by atoms with van der Waals surface area (Å²) in [5, 5.41) is 47.6. The fourth-order valence-corrected chi connectivity index (χ4v) is 2.48. The Morgan fingerprint density at radius 1 is 1.17 bits per heavy atom. The van der Waals surface area contributed by atoms with Gasteiger partial charge in [-0.3, -0.25) is 0 Å². The van der Waals surface area contributed by atoms with Crippen molar-refractivity contribution in [3.63, 3.8) is 0 Å². The van der Waals surface area contributed by atoms with Gasteiger partial charge in [0.15, 0.2) is 5.60 Å². The maximum absolute atomic E-state index is 11.8. The minimum absolute atomic E-state index is 0.0713. The van der Waals surface area contributed by atoms with Gasteiger partial charge in [-0.1, -0.05) is 12.1 Å². The summed E-state index contributed by atoms with van der Waals surface area (Å²) in [5.74, 6) is -2.36. The van der Waals surface area contributed by atoms with Gasteiger partial charge in [-0.05, 0) is 23.8 Å². The van der Waals surface area contributed by atoms with E-state index in [1.807, 2.05) is 0 Å². The molecular formula is C16H18O8. The van der Waals surface area contributed by atoms with E-state index in [1.165, 1.54) is 18.2 Å². The van der Waals surface area contributed by atoms with E-state index in [0.29, 0.717) is 5.56 Å². The van der Waals surface area contributed by atoms with Crippen LogP contribution in [0.25, 0.3) is 6.08 Å². The number of phenols is 1. The number of aliphatic carboxylic acids is 1. The predicted octanol–water partition coefficient (Wildman–Crippen LogP) is -0.352. The van der Waals surface area contributed by atoms with Crippen molar-refractivity contribution in [2.75, 3.05) is 0 Å². The van der Waals surface area contributed by atoms with Gasteiger partial charge in [0.2, 0.25) is 0 Å². The van der Waals surface area contributed by atoms with Crippen LogP contribution in [0.2, 0.25) is 0 Å². The quantitative estimate of drug-likeness (QED) is 0.370. The Balaban J connectivity index is 2.03. The van der Waals surface area contributed by atoms with Crippen molar-refractivity contribution in [2.45, 2.75) is 36.8 Å². The second kappa shape index (κ2) is 7.00. The molecule has 0 bridgehead atoms. The predicted molar refractivity (Wildman–Crippen MR) is 80.9 cm³/mol. The van der Waals surface area contributed by atoms with E-state index in [4.69, 9.17) is 14.9 Å². The number of carbonyl (C=O) groups is 2. The highest BCUT2D eigenvalue weighted by Gasteiger charge is 2.50. The summed E-state index contributed by atoms with van der Waals surface area (Å²) < 4.78 is 4.96. The molecule has 1 fully saturated rings. The first-order chi connectivity index (χ1) is 11.2. The molecular weight excluding hydrogens is 320 g/mol. The van der Waals surface area contributed by atoms with E-state index in [9.17, 15) is 24.9 Å². The number of esters is 1. The lowest BCUT2D eigenvalue weighted by Gasteiger charge is -2.39. The Bertz CT molecular complexity index is 638. The van der Waals surface area contributed by atoms with Crippen molar-refractivity contribution in [1.29, 1.82) is 0 Å². The number of phenolic OH excluding ortho intramolecular Hbond substituents is 1. The highest BCUT2D eigenvalue weighted by molar-refractivity contribution is 5.87. The van der Waals surface area contributed by atoms with Gasteiger partial charge < -0.3 is 30.3 Å². The summed E-state index contributed by atoms with van der Waals surface area (Å²) in [7, 11) is 0. The Morgan fingerprint density at radius 2 is 1.79 bits per heavy atom. The van der Waals surface area contributed by atoms with Crippen LogP contribution in [0.3, 0.4) is 0 Å². The number of rotatable bonds is 4. The van der Waals surface area contributed by atoms with Crippen molar-refractivity contribution >= 4 is 18.0 Å². The first-order valence-corrected chi connectivity index (χ1v) is 7.21. The van der Waals surface area contributed by atoms with E-state index >= 15 is 0 Å². The number of carboxylic acids is 1. The SMILES string of the molecule is O=C(C=Cc1ccc(O)cc1)O[C@H]1C[C@@](O)(C(=O)O)C[C@H](O)[C@@H]1O. The van der Waals surface area contributed by atoms with Gasteiger partial charge >= 0.3 is 11.9 Å². The summed E-state index contributed by atoms with van der Waals surface area (Å²) in [5.41, 5.74) is -1.67. The highest BCUT2D eigenvalue weighted by Crippen LogP contribution is 2.31. The molecule has 8 nitrogen and oxygen atoms in total. The van der Waals surface area contributed by atoms with Crippen LogP contribution in [-0.2, 0) is 14.3 Å². The van der Waals surface area contributed by atoms with Crippen molar-refractivity contribution in [2.24, 2.45) is 0 Å². The van der Waals surface area contributed by atoms with Gasteiger partial charge in [0.05, 0.1) is 6.10 Å². The highest BCUT2D eigenvalue weighted by atomic mass is 16.6. The van der Waals surface area contributed by atoms with Gasteiger partial charge in [0, 0.05) is 18.9 Å². The van der Waals surface area contributed by atoms with Crippen LogP contribution >= 0.6 is 0 Å². The summed E-state index contributed by atoms with van der Waals surface area (Å²) in [6.07, 6.45) is -3.00. The Morgan fingerprint density at radius 3 is 2.38 bits per heavy atom. The van der Waals surface area contributed by atoms with E-state index in [-0.39, 0.29) is 5.75 Å². The second-order valence-electron chi connectivity index (χ2n) is 5.70. The number of aromatic hydroxyl groups is 1. The van der Waals surface area contributed by atoms with Crippen LogP contribution in [-0.4, -0.2) is 61.4 Å². The van der Waals surface area contributed by atoms with Crippen LogP contribution in [0.4, 0.5) is 0 Å². The molecule has 1 aliphatic carbocycles. The van der Waals surface area contributed by atoms with Gasteiger partial charge in [-0.25, -0.2) is 9.59 Å². The summed E-state index contributed by atoms with van der Waals surface area (Å²) in [6.45, 7) is 0. The fourth-order valence-electron chi connectivity index (χ4n) is 2.48. The number of benzene rings is 1. The largest absolute Gasteiger partial charge is 0.508 e. The van der Waals surface area contributed by atoms with Crippen LogP contribution < -0.4 is 0 Å². The number of aliphatic hydroxyl groups is 3. The van der Waals surface area contributed by atoms with Gasteiger partial charge in [0.1, 0.15) is 18.0 Å². The number of aliphatic hydroxyl groups excluding tert-OH is 2. The Hall–Kier alpha value is -2.42. The lowest BCUT2D eigenvalue weighted by Crippen LogP contribution is -2.57. The molecule has 0 aromatic heterocycles. The van der Waals surface area contributed by atoms with E-state index in [0.717, 1.165) is 6.08 Å². The summed E-state index contributed by atoms with van der Waals surface area (Å²) in [4.78, 5) is 22.9. The third kappa shape index (κ3) is 4.10. The molecule has 1 aromatic carbocycles. The fraction of sp³-hybridized carbons (Fsp3) is 0.375. The zero-order chi connectivity index (χ0) is 17.9. The molecule has 130 valence electrons. The molecule has 4 atom stereocenters. The maximum atomic E-state index is 11.8. The van der Waals surface area contributed by atoms with E-state index < -0.39 is 48.7 Å². The molecule has 0 heterocycles. The van der Waals surface area contributed by atoms with Crippen LogP contribution in [0.1, 0.15) is 18.4 Å².